The van der Waals surface area contributed by atoms with Crippen LogP contribution in [0.1, 0.15) is 13.8 Å². The van der Waals surface area contributed by atoms with Crippen LogP contribution in [0.25, 0.3) is 0 Å². The summed E-state index contributed by atoms with van der Waals surface area (Å²) in [7, 11) is 1.61. The normalized spacial score (nSPS) is 12.5. The van der Waals surface area contributed by atoms with Crippen molar-refractivity contribution in [2.24, 2.45) is 5.92 Å². The number of pyridine rings is 1. The fraction of sp³-hybridized carbons (Fsp3) is 0.545. The smallest absolute Gasteiger partial charge is 0.310 e. The highest BCUT2D eigenvalue weighted by Crippen LogP contribution is 2.24. The molecule has 0 bridgehead atoms. The molecule has 0 saturated heterocycles. The predicted octanol–water partition coefficient (Wildman–Crippen LogP) is 2.07. The topological polar surface area (TPSA) is 77.3 Å². The summed E-state index contributed by atoms with van der Waals surface area (Å²) in [5.74, 6) is 0.308. The molecule has 1 unspecified atom stereocenters. The van der Waals surface area contributed by atoms with Gasteiger partial charge in [-0.25, -0.2) is 0 Å². The zero-order valence-electron chi connectivity index (χ0n) is 10.2. The lowest BCUT2D eigenvalue weighted by Crippen LogP contribution is -2.30. The van der Waals surface area contributed by atoms with Crippen molar-refractivity contribution in [2.45, 2.75) is 19.9 Å². The van der Waals surface area contributed by atoms with Gasteiger partial charge < -0.3 is 10.1 Å². The number of methoxy groups -OCH3 is 1. The summed E-state index contributed by atoms with van der Waals surface area (Å²) in [4.78, 5) is 14.1. The van der Waals surface area contributed by atoms with Crippen molar-refractivity contribution in [3.63, 3.8) is 0 Å². The molecule has 1 N–H and O–H groups in total. The first-order chi connectivity index (χ1) is 8.06. The number of aromatic nitrogens is 1. The van der Waals surface area contributed by atoms with Crippen molar-refractivity contribution in [3.8, 4) is 0 Å². The Hall–Kier alpha value is -1.69. The monoisotopic (exact) mass is 239 g/mol. The van der Waals surface area contributed by atoms with Gasteiger partial charge in [0.25, 0.3) is 0 Å². The number of nitrogens with one attached hydrogen (secondary N) is 1. The van der Waals surface area contributed by atoms with Crippen LogP contribution in [0, 0.1) is 16.0 Å². The fourth-order valence-electron chi connectivity index (χ4n) is 1.43. The van der Waals surface area contributed by atoms with E-state index in [0.29, 0.717) is 18.2 Å². The largest absolute Gasteiger partial charge is 0.383 e. The summed E-state index contributed by atoms with van der Waals surface area (Å²) in [6, 6.07) is 1.63. The Morgan fingerprint density at radius 1 is 1.59 bits per heavy atom. The van der Waals surface area contributed by atoms with Crippen LogP contribution in [0.4, 0.5) is 11.4 Å². The Kier molecular flexibility index (Phi) is 4.84. The molecule has 0 radical (unpaired) electrons. The van der Waals surface area contributed by atoms with Gasteiger partial charge in [0, 0.05) is 13.3 Å². The molecular weight excluding hydrogens is 222 g/mol. The number of nitro groups is 1. The standard InChI is InChI=1S/C11H17N3O3/c1-8(2)10(7-17-3)13-9-4-5-12-6-11(9)14(15)16/h4-6,8,10H,7H2,1-3H3,(H,12,13). The zero-order valence-corrected chi connectivity index (χ0v) is 10.2. The van der Waals surface area contributed by atoms with Gasteiger partial charge in [-0.1, -0.05) is 13.8 Å². The van der Waals surface area contributed by atoms with E-state index >= 15 is 0 Å². The van der Waals surface area contributed by atoms with Crippen molar-refractivity contribution >= 4 is 11.4 Å². The van der Waals surface area contributed by atoms with E-state index in [1.165, 1.54) is 12.4 Å². The second kappa shape index (κ2) is 6.15. The van der Waals surface area contributed by atoms with Crippen LogP contribution in [0.5, 0.6) is 0 Å². The quantitative estimate of drug-likeness (QED) is 0.607. The highest BCUT2D eigenvalue weighted by Gasteiger charge is 2.19. The Morgan fingerprint density at radius 2 is 2.29 bits per heavy atom. The average Bonchev–Trinajstić information content (AvgIpc) is 2.28. The summed E-state index contributed by atoms with van der Waals surface area (Å²) in [5, 5.41) is 13.9. The van der Waals surface area contributed by atoms with Crippen LogP contribution in [-0.4, -0.2) is 29.7 Å². The highest BCUT2D eigenvalue weighted by atomic mass is 16.6. The molecule has 0 amide bonds. The van der Waals surface area contributed by atoms with Gasteiger partial charge in [-0.3, -0.25) is 15.1 Å². The van der Waals surface area contributed by atoms with Gasteiger partial charge in [0.05, 0.1) is 17.6 Å². The maximum Gasteiger partial charge on any atom is 0.310 e. The zero-order chi connectivity index (χ0) is 12.8. The van der Waals surface area contributed by atoms with Crippen molar-refractivity contribution in [1.82, 2.24) is 4.98 Å². The molecule has 0 spiro atoms. The molecule has 1 atom stereocenters. The van der Waals surface area contributed by atoms with E-state index < -0.39 is 4.92 Å². The molecule has 6 heteroatoms. The molecular formula is C11H17N3O3. The molecule has 94 valence electrons. The van der Waals surface area contributed by atoms with Crippen LogP contribution in [0.3, 0.4) is 0 Å². The lowest BCUT2D eigenvalue weighted by Gasteiger charge is -2.22. The predicted molar refractivity (Wildman–Crippen MR) is 65.0 cm³/mol. The van der Waals surface area contributed by atoms with E-state index in [1.807, 2.05) is 13.8 Å². The third-order valence-electron chi connectivity index (χ3n) is 2.49. The molecule has 1 rings (SSSR count). The Morgan fingerprint density at radius 3 is 2.82 bits per heavy atom. The molecule has 0 saturated carbocycles. The molecule has 0 aliphatic carbocycles. The number of hydrogen-bond donors (Lipinski definition) is 1. The summed E-state index contributed by atoms with van der Waals surface area (Å²) >= 11 is 0. The molecule has 1 heterocycles. The number of hydrogen-bond acceptors (Lipinski definition) is 5. The third-order valence-corrected chi connectivity index (χ3v) is 2.49. The first kappa shape index (κ1) is 13.4. The van der Waals surface area contributed by atoms with Crippen LogP contribution >= 0.6 is 0 Å². The molecule has 17 heavy (non-hydrogen) atoms. The van der Waals surface area contributed by atoms with Crippen molar-refractivity contribution in [2.75, 3.05) is 19.0 Å². The summed E-state index contributed by atoms with van der Waals surface area (Å²) in [6.07, 6.45) is 2.77. The second-order valence-electron chi connectivity index (χ2n) is 4.10. The fourth-order valence-corrected chi connectivity index (χ4v) is 1.43. The maximum absolute atomic E-state index is 10.8. The van der Waals surface area contributed by atoms with Gasteiger partial charge in [0.1, 0.15) is 11.9 Å². The van der Waals surface area contributed by atoms with Gasteiger partial charge in [0.2, 0.25) is 0 Å². The number of nitrogens with zero attached hydrogens (tertiary/aromatic N) is 2. The van der Waals surface area contributed by atoms with Gasteiger partial charge in [-0.15, -0.1) is 0 Å². The van der Waals surface area contributed by atoms with Gasteiger partial charge in [-0.2, -0.15) is 0 Å². The minimum absolute atomic E-state index is 0.0192. The first-order valence-electron chi connectivity index (χ1n) is 5.40. The second-order valence-corrected chi connectivity index (χ2v) is 4.10. The van der Waals surface area contributed by atoms with Crippen LogP contribution < -0.4 is 5.32 Å². The molecule has 0 aliphatic rings. The van der Waals surface area contributed by atoms with Crippen LogP contribution in [0.15, 0.2) is 18.5 Å². The first-order valence-corrected chi connectivity index (χ1v) is 5.40. The summed E-state index contributed by atoms with van der Waals surface area (Å²) < 4.78 is 5.09. The molecule has 0 fully saturated rings. The van der Waals surface area contributed by atoms with E-state index in [-0.39, 0.29) is 11.7 Å². The van der Waals surface area contributed by atoms with Crippen LogP contribution in [-0.2, 0) is 4.74 Å². The van der Waals surface area contributed by atoms with Crippen molar-refractivity contribution in [3.05, 3.63) is 28.6 Å². The van der Waals surface area contributed by atoms with E-state index in [1.54, 1.807) is 13.2 Å². The minimum Gasteiger partial charge on any atom is -0.383 e. The number of ether oxygens (including phenoxy) is 1. The maximum atomic E-state index is 10.8. The molecule has 0 aromatic carbocycles. The molecule has 6 nitrogen and oxygen atoms in total. The summed E-state index contributed by atoms with van der Waals surface area (Å²) in [6.45, 7) is 4.56. The molecule has 1 aromatic heterocycles. The Balaban J connectivity index is 2.88. The van der Waals surface area contributed by atoms with Crippen molar-refractivity contribution in [1.29, 1.82) is 0 Å². The minimum atomic E-state index is -0.445. The Bertz CT molecular complexity index is 382. The average molecular weight is 239 g/mol. The van der Waals surface area contributed by atoms with Gasteiger partial charge in [0.15, 0.2) is 0 Å². The Labute approximate surface area is 100 Å². The van der Waals surface area contributed by atoms with E-state index in [9.17, 15) is 10.1 Å². The van der Waals surface area contributed by atoms with E-state index in [0.717, 1.165) is 0 Å². The number of rotatable bonds is 6. The molecule has 0 aliphatic heterocycles. The third kappa shape index (κ3) is 3.67. The lowest BCUT2D eigenvalue weighted by atomic mass is 10.1. The van der Waals surface area contributed by atoms with Gasteiger partial charge in [-0.05, 0) is 12.0 Å². The van der Waals surface area contributed by atoms with Crippen LogP contribution in [0.2, 0.25) is 0 Å². The molecule has 1 aromatic rings. The van der Waals surface area contributed by atoms with Gasteiger partial charge >= 0.3 is 5.69 Å². The highest BCUT2D eigenvalue weighted by molar-refractivity contribution is 5.60. The lowest BCUT2D eigenvalue weighted by molar-refractivity contribution is -0.384. The van der Waals surface area contributed by atoms with E-state index in [4.69, 9.17) is 4.74 Å². The number of anilines is 1. The summed E-state index contributed by atoms with van der Waals surface area (Å²) in [5.41, 5.74) is 0.454. The van der Waals surface area contributed by atoms with Crippen molar-refractivity contribution < 1.29 is 9.66 Å². The SMILES string of the molecule is COCC(Nc1ccncc1[N+](=O)[O-])C(C)C. The van der Waals surface area contributed by atoms with E-state index in [2.05, 4.69) is 10.3 Å².